The van der Waals surface area contributed by atoms with E-state index in [2.05, 4.69) is 51.8 Å². The number of hydrogen-bond donors (Lipinski definition) is 0. The summed E-state index contributed by atoms with van der Waals surface area (Å²) < 4.78 is 31.9. The third-order valence-electron chi connectivity index (χ3n) is 7.89. The highest BCUT2D eigenvalue weighted by Gasteiger charge is 2.31. The van der Waals surface area contributed by atoms with Crippen LogP contribution in [0.5, 0.6) is 23.0 Å². The lowest BCUT2D eigenvalue weighted by atomic mass is 9.97. The Morgan fingerprint density at radius 3 is 2.41 bits per heavy atom. The van der Waals surface area contributed by atoms with Gasteiger partial charge in [-0.15, -0.1) is 0 Å². The molecule has 1 aliphatic rings. The Balaban J connectivity index is 1.39. The van der Waals surface area contributed by atoms with E-state index in [9.17, 15) is 9.59 Å². The van der Waals surface area contributed by atoms with Gasteiger partial charge in [-0.25, -0.2) is 9.79 Å². The molecule has 1 atom stereocenters. The van der Waals surface area contributed by atoms with Gasteiger partial charge in [0.15, 0.2) is 27.8 Å². The quantitative estimate of drug-likeness (QED) is 0.105. The van der Waals surface area contributed by atoms with Crippen LogP contribution in [0.15, 0.2) is 94.4 Å². The topological polar surface area (TPSA) is 97.6 Å². The number of carbonyl (C=O) groups excluding carboxylic acids is 1. The fraction of sp³-hybridized carbons (Fsp3) is 0.237. The van der Waals surface area contributed by atoms with Gasteiger partial charge in [0, 0.05) is 6.20 Å². The number of halogens is 1. The number of ether oxygens (including phenoxy) is 5. The number of fused-ring (bicyclic) bond motifs is 2. The molecule has 1 aliphatic heterocycles. The predicted octanol–water partition coefficient (Wildman–Crippen LogP) is 6.55. The maximum Gasteiger partial charge on any atom is 0.337 e. The first-order valence-electron chi connectivity index (χ1n) is 15.9. The van der Waals surface area contributed by atoms with Crippen molar-refractivity contribution < 1.29 is 28.5 Å². The van der Waals surface area contributed by atoms with E-state index in [1.165, 1.54) is 29.2 Å². The summed E-state index contributed by atoms with van der Waals surface area (Å²) in [4.78, 5) is 32.1. The van der Waals surface area contributed by atoms with Gasteiger partial charge < -0.3 is 23.7 Å². The summed E-state index contributed by atoms with van der Waals surface area (Å²) >= 11 is 3.48. The maximum atomic E-state index is 14.2. The van der Waals surface area contributed by atoms with Crippen molar-refractivity contribution in [1.29, 1.82) is 0 Å². The molecule has 0 spiro atoms. The van der Waals surface area contributed by atoms with E-state index in [1.54, 1.807) is 12.1 Å². The molecule has 0 saturated carbocycles. The number of aromatic nitrogens is 1. The summed E-state index contributed by atoms with van der Waals surface area (Å²) in [5.74, 6) is 1.74. The summed E-state index contributed by atoms with van der Waals surface area (Å²) in [5.41, 5.74) is 2.43. The molecule has 0 aliphatic carbocycles. The van der Waals surface area contributed by atoms with Crippen LogP contribution in [0.3, 0.4) is 0 Å². The first-order chi connectivity index (χ1) is 23.9. The number of hydrogen-bond acceptors (Lipinski definition) is 9. The molecule has 0 bridgehead atoms. The van der Waals surface area contributed by atoms with Gasteiger partial charge in [0.2, 0.25) is 0 Å². The van der Waals surface area contributed by atoms with E-state index in [1.807, 2.05) is 63.2 Å². The standard InChI is InChI=1S/C38H35IN2O7S/c1-5-45-30-16-15-25(20-31(30)46-6-2)34-28(37(43)44-4)21-40-38-41(34)36(42)33(49-38)19-23-17-29(39)35(32(18-23)47-7-3)48-22-26-13-10-12-24-11-8-9-14-27(24)26/h8-21,34H,5-7,22H2,1-4H3/b33-19+/t34-/m1/s1. The van der Waals surface area contributed by atoms with Gasteiger partial charge in [-0.2, -0.15) is 0 Å². The van der Waals surface area contributed by atoms with Crippen molar-refractivity contribution in [3.05, 3.63) is 125 Å². The molecule has 0 saturated heterocycles. The highest BCUT2D eigenvalue weighted by atomic mass is 127. The Labute approximate surface area is 301 Å². The largest absolute Gasteiger partial charge is 0.490 e. The lowest BCUT2D eigenvalue weighted by Crippen LogP contribution is -2.39. The van der Waals surface area contributed by atoms with Crippen LogP contribution in [0.4, 0.5) is 0 Å². The Hall–Kier alpha value is -4.62. The van der Waals surface area contributed by atoms with Gasteiger partial charge in [0.25, 0.3) is 5.56 Å². The second-order valence-corrected chi connectivity index (χ2v) is 13.1. The van der Waals surface area contributed by atoms with Crippen molar-refractivity contribution in [2.75, 3.05) is 26.9 Å². The first-order valence-corrected chi connectivity index (χ1v) is 17.8. The Morgan fingerprint density at radius 1 is 0.898 bits per heavy atom. The van der Waals surface area contributed by atoms with Crippen LogP contribution in [0.25, 0.3) is 16.8 Å². The highest BCUT2D eigenvalue weighted by molar-refractivity contribution is 14.1. The Kier molecular flexibility index (Phi) is 10.7. The van der Waals surface area contributed by atoms with Crippen molar-refractivity contribution in [3.8, 4) is 23.0 Å². The summed E-state index contributed by atoms with van der Waals surface area (Å²) in [5, 5.41) is 2.29. The van der Waals surface area contributed by atoms with E-state index in [0.29, 0.717) is 64.3 Å². The van der Waals surface area contributed by atoms with Crippen molar-refractivity contribution in [3.63, 3.8) is 0 Å². The van der Waals surface area contributed by atoms with Crippen LogP contribution in [0, 0.1) is 3.57 Å². The number of methoxy groups -OCH3 is 1. The molecule has 11 heteroatoms. The molecule has 0 unspecified atom stereocenters. The zero-order chi connectivity index (χ0) is 34.5. The zero-order valence-electron chi connectivity index (χ0n) is 27.5. The lowest BCUT2D eigenvalue weighted by Gasteiger charge is -2.23. The number of esters is 1. The van der Waals surface area contributed by atoms with Gasteiger partial charge in [0.05, 0.1) is 46.6 Å². The molecule has 4 aromatic carbocycles. The molecule has 2 heterocycles. The molecule has 252 valence electrons. The summed E-state index contributed by atoms with van der Waals surface area (Å²) in [6.07, 6.45) is 3.28. The number of benzene rings is 4. The maximum absolute atomic E-state index is 14.2. The van der Waals surface area contributed by atoms with Crippen molar-refractivity contribution in [2.24, 2.45) is 4.99 Å². The monoisotopic (exact) mass is 790 g/mol. The molecule has 0 fully saturated rings. The summed E-state index contributed by atoms with van der Waals surface area (Å²) in [6, 6.07) is 22.9. The third-order valence-corrected chi connectivity index (χ3v) is 9.69. The average Bonchev–Trinajstić information content (AvgIpc) is 3.42. The van der Waals surface area contributed by atoms with Crippen LogP contribution < -0.4 is 33.8 Å². The van der Waals surface area contributed by atoms with Crippen LogP contribution >= 0.6 is 33.9 Å². The van der Waals surface area contributed by atoms with Gasteiger partial charge in [-0.05, 0) is 101 Å². The van der Waals surface area contributed by atoms with Gasteiger partial charge in [-0.3, -0.25) is 9.36 Å². The average molecular weight is 791 g/mol. The van der Waals surface area contributed by atoms with E-state index >= 15 is 0 Å². The Bertz CT molecular complexity index is 2240. The smallest absolute Gasteiger partial charge is 0.337 e. The molecule has 6 rings (SSSR count). The molecule has 0 radical (unpaired) electrons. The van der Waals surface area contributed by atoms with Gasteiger partial charge >= 0.3 is 5.97 Å². The second kappa shape index (κ2) is 15.3. The Morgan fingerprint density at radius 2 is 1.63 bits per heavy atom. The molecule has 5 aromatic rings. The number of thiazole rings is 1. The van der Waals surface area contributed by atoms with E-state index in [4.69, 9.17) is 23.7 Å². The zero-order valence-corrected chi connectivity index (χ0v) is 30.5. The van der Waals surface area contributed by atoms with Crippen molar-refractivity contribution in [2.45, 2.75) is 33.4 Å². The molecular formula is C38H35IN2O7S. The van der Waals surface area contributed by atoms with Crippen LogP contribution in [0.1, 0.15) is 43.5 Å². The van der Waals surface area contributed by atoms with E-state index in [0.717, 1.165) is 25.5 Å². The molecule has 0 N–H and O–H groups in total. The predicted molar refractivity (Wildman–Crippen MR) is 199 cm³/mol. The van der Waals surface area contributed by atoms with Crippen LogP contribution in [-0.2, 0) is 16.1 Å². The molecular weight excluding hydrogens is 755 g/mol. The molecule has 0 amide bonds. The third kappa shape index (κ3) is 7.09. The second-order valence-electron chi connectivity index (χ2n) is 10.9. The minimum absolute atomic E-state index is 0.230. The fourth-order valence-electron chi connectivity index (χ4n) is 5.78. The van der Waals surface area contributed by atoms with E-state index in [-0.39, 0.29) is 11.1 Å². The molecule has 1 aromatic heterocycles. The summed E-state index contributed by atoms with van der Waals surface area (Å²) in [7, 11) is 1.31. The normalized spacial score (nSPS) is 14.1. The fourth-order valence-corrected chi connectivity index (χ4v) is 7.53. The minimum Gasteiger partial charge on any atom is -0.490 e. The number of nitrogens with zero attached hydrogens (tertiary/aromatic N) is 2. The SMILES string of the molecule is CCOc1ccc([C@@H]2C(C(=O)OC)=CN=c3s/c(=C/c4cc(I)c(OCc5cccc6ccccc56)c(OCC)c4)c(=O)n32)cc1OCC. The van der Waals surface area contributed by atoms with Gasteiger partial charge in [0.1, 0.15) is 6.61 Å². The molecule has 49 heavy (non-hydrogen) atoms. The van der Waals surface area contributed by atoms with E-state index < -0.39 is 12.0 Å². The first kappa shape index (κ1) is 34.3. The van der Waals surface area contributed by atoms with Crippen molar-refractivity contribution in [1.82, 2.24) is 4.57 Å². The van der Waals surface area contributed by atoms with Crippen LogP contribution in [-0.4, -0.2) is 37.5 Å². The summed E-state index contributed by atoms with van der Waals surface area (Å²) in [6.45, 7) is 7.38. The lowest BCUT2D eigenvalue weighted by molar-refractivity contribution is -0.136. The van der Waals surface area contributed by atoms with Crippen LogP contribution in [0.2, 0.25) is 0 Å². The van der Waals surface area contributed by atoms with Gasteiger partial charge in [-0.1, -0.05) is 59.9 Å². The molecule has 9 nitrogen and oxygen atoms in total. The minimum atomic E-state index is -0.787. The number of carbonyl (C=O) groups is 1. The van der Waals surface area contributed by atoms with Crippen molar-refractivity contribution >= 4 is 56.7 Å². The highest BCUT2D eigenvalue weighted by Crippen LogP contribution is 2.37. The number of rotatable bonds is 12.